The van der Waals surface area contributed by atoms with Gasteiger partial charge in [-0.2, -0.15) is 0 Å². The number of aryl methyl sites for hydroxylation is 1. The molecule has 1 amide bonds. The van der Waals surface area contributed by atoms with Crippen molar-refractivity contribution < 1.29 is 9.90 Å². The molecule has 1 aromatic rings. The molecule has 2 heterocycles. The molecule has 0 radical (unpaired) electrons. The lowest BCUT2D eigenvalue weighted by Crippen LogP contribution is -2.46. The van der Waals surface area contributed by atoms with Gasteiger partial charge in [-0.15, -0.1) is 0 Å². The van der Waals surface area contributed by atoms with Crippen molar-refractivity contribution in [2.45, 2.75) is 31.2 Å². The van der Waals surface area contributed by atoms with Crippen molar-refractivity contribution >= 4 is 5.91 Å². The summed E-state index contributed by atoms with van der Waals surface area (Å²) in [6.07, 6.45) is 3.24. The van der Waals surface area contributed by atoms with Crippen molar-refractivity contribution in [1.82, 2.24) is 4.90 Å². The molecule has 17 heavy (non-hydrogen) atoms. The van der Waals surface area contributed by atoms with Gasteiger partial charge in [0.2, 0.25) is 5.91 Å². The lowest BCUT2D eigenvalue weighted by molar-refractivity contribution is -0.136. The van der Waals surface area contributed by atoms with Crippen LogP contribution in [0.25, 0.3) is 0 Å². The quantitative estimate of drug-likeness (QED) is 0.794. The van der Waals surface area contributed by atoms with Crippen LogP contribution in [-0.4, -0.2) is 29.1 Å². The molecule has 1 aromatic carbocycles. The van der Waals surface area contributed by atoms with Crippen LogP contribution in [0, 0.1) is 0 Å². The highest BCUT2D eigenvalue weighted by Gasteiger charge is 2.46. The molecule has 0 bridgehead atoms. The fourth-order valence-corrected chi connectivity index (χ4v) is 3.34. The molecular formula is C14H17NO2. The van der Waals surface area contributed by atoms with Gasteiger partial charge in [0, 0.05) is 13.0 Å². The molecule has 2 aliphatic heterocycles. The summed E-state index contributed by atoms with van der Waals surface area (Å²) in [5.41, 5.74) is 1.94. The van der Waals surface area contributed by atoms with Crippen LogP contribution in [0.3, 0.4) is 0 Å². The van der Waals surface area contributed by atoms with E-state index in [2.05, 4.69) is 12.1 Å². The van der Waals surface area contributed by atoms with E-state index in [1.807, 2.05) is 17.0 Å². The third kappa shape index (κ3) is 1.42. The van der Waals surface area contributed by atoms with Gasteiger partial charge in [-0.1, -0.05) is 24.3 Å². The second-order valence-electron chi connectivity index (χ2n) is 5.00. The van der Waals surface area contributed by atoms with Crippen molar-refractivity contribution in [3.05, 3.63) is 35.4 Å². The number of carbonyl (C=O) groups excluding carboxylic acids is 1. The summed E-state index contributed by atoms with van der Waals surface area (Å²) in [7, 11) is 0. The van der Waals surface area contributed by atoms with E-state index in [1.54, 1.807) is 0 Å². The highest BCUT2D eigenvalue weighted by molar-refractivity contribution is 5.79. The van der Waals surface area contributed by atoms with Gasteiger partial charge in [0.05, 0.1) is 12.1 Å². The van der Waals surface area contributed by atoms with E-state index in [4.69, 9.17) is 0 Å². The number of hydrogen-bond acceptors (Lipinski definition) is 2. The van der Waals surface area contributed by atoms with Gasteiger partial charge in [-0.3, -0.25) is 4.79 Å². The van der Waals surface area contributed by atoms with E-state index in [0.29, 0.717) is 6.42 Å². The number of fused-ring (bicyclic) bond motifs is 3. The molecule has 1 saturated heterocycles. The number of nitrogens with zero attached hydrogens (tertiary/aromatic N) is 1. The van der Waals surface area contributed by atoms with Crippen molar-refractivity contribution in [3.8, 4) is 0 Å². The fourth-order valence-electron chi connectivity index (χ4n) is 3.34. The highest BCUT2D eigenvalue weighted by Crippen LogP contribution is 2.42. The fraction of sp³-hybridized carbons (Fsp3) is 0.500. The second-order valence-corrected chi connectivity index (χ2v) is 5.00. The molecule has 1 fully saturated rings. The summed E-state index contributed by atoms with van der Waals surface area (Å²) >= 11 is 0. The number of amides is 1. The minimum Gasteiger partial charge on any atom is -0.394 e. The number of aliphatic hydroxyl groups is 1. The largest absolute Gasteiger partial charge is 0.394 e. The molecule has 1 N–H and O–H groups in total. The minimum absolute atomic E-state index is 0.0375. The molecule has 2 aliphatic rings. The standard InChI is InChI=1S/C14H17NO2/c16-10-14-8-3-9-15(14)13(17)7-6-11-4-1-2-5-12(11)14/h1-2,4-5,16H,3,6-10H2. The van der Waals surface area contributed by atoms with Gasteiger partial charge >= 0.3 is 0 Å². The minimum atomic E-state index is -0.440. The zero-order valence-electron chi connectivity index (χ0n) is 9.85. The molecule has 3 heteroatoms. The van der Waals surface area contributed by atoms with Gasteiger partial charge in [0.25, 0.3) is 0 Å². The van der Waals surface area contributed by atoms with Gasteiger partial charge < -0.3 is 10.0 Å². The Kier molecular flexibility index (Phi) is 2.44. The Labute approximate surface area is 101 Å². The molecule has 90 valence electrons. The van der Waals surface area contributed by atoms with Crippen LogP contribution in [0.4, 0.5) is 0 Å². The molecule has 0 spiro atoms. The summed E-state index contributed by atoms with van der Waals surface area (Å²) in [6.45, 7) is 0.823. The molecule has 3 rings (SSSR count). The molecule has 0 aliphatic carbocycles. The Morgan fingerprint density at radius 2 is 2.12 bits per heavy atom. The molecule has 0 aromatic heterocycles. The average molecular weight is 231 g/mol. The van der Waals surface area contributed by atoms with Gasteiger partial charge in [-0.05, 0) is 30.4 Å². The number of benzene rings is 1. The van der Waals surface area contributed by atoms with Gasteiger partial charge in [0.1, 0.15) is 0 Å². The van der Waals surface area contributed by atoms with Crippen LogP contribution >= 0.6 is 0 Å². The van der Waals surface area contributed by atoms with E-state index in [-0.39, 0.29) is 12.5 Å². The molecule has 0 saturated carbocycles. The monoisotopic (exact) mass is 231 g/mol. The lowest BCUT2D eigenvalue weighted by Gasteiger charge is -2.37. The number of hydrogen-bond donors (Lipinski definition) is 1. The maximum Gasteiger partial charge on any atom is 0.223 e. The third-order valence-electron chi connectivity index (χ3n) is 4.18. The molecular weight excluding hydrogens is 214 g/mol. The average Bonchev–Trinajstić information content (AvgIpc) is 2.77. The first-order valence-electron chi connectivity index (χ1n) is 6.28. The third-order valence-corrected chi connectivity index (χ3v) is 4.18. The Hall–Kier alpha value is -1.35. The second kappa shape index (κ2) is 3.84. The topological polar surface area (TPSA) is 40.5 Å². The van der Waals surface area contributed by atoms with Crippen molar-refractivity contribution in [1.29, 1.82) is 0 Å². The summed E-state index contributed by atoms with van der Waals surface area (Å²) in [6, 6.07) is 8.17. The van der Waals surface area contributed by atoms with Crippen LogP contribution in [0.5, 0.6) is 0 Å². The van der Waals surface area contributed by atoms with Crippen LogP contribution in [-0.2, 0) is 16.8 Å². The first-order valence-corrected chi connectivity index (χ1v) is 6.28. The predicted molar refractivity (Wildman–Crippen MR) is 64.5 cm³/mol. The Morgan fingerprint density at radius 3 is 2.94 bits per heavy atom. The smallest absolute Gasteiger partial charge is 0.223 e. The Bertz CT molecular complexity index is 457. The molecule has 1 unspecified atom stereocenters. The summed E-state index contributed by atoms with van der Waals surface area (Å²) in [5, 5.41) is 9.85. The Balaban J connectivity index is 2.19. The first kappa shape index (κ1) is 10.8. The normalized spacial score (nSPS) is 27.6. The van der Waals surface area contributed by atoms with E-state index in [1.165, 1.54) is 5.56 Å². The zero-order chi connectivity index (χ0) is 11.9. The van der Waals surface area contributed by atoms with Crippen LogP contribution < -0.4 is 0 Å². The SMILES string of the molecule is O=C1CCc2ccccc2C2(CO)CCCN12. The van der Waals surface area contributed by atoms with Gasteiger partial charge in [-0.25, -0.2) is 0 Å². The van der Waals surface area contributed by atoms with Gasteiger partial charge in [0.15, 0.2) is 0 Å². The summed E-state index contributed by atoms with van der Waals surface area (Å²) in [5.74, 6) is 0.188. The zero-order valence-corrected chi connectivity index (χ0v) is 9.85. The van der Waals surface area contributed by atoms with E-state index >= 15 is 0 Å². The van der Waals surface area contributed by atoms with Crippen molar-refractivity contribution in [3.63, 3.8) is 0 Å². The maximum absolute atomic E-state index is 12.1. The van der Waals surface area contributed by atoms with E-state index in [9.17, 15) is 9.90 Å². The summed E-state index contributed by atoms with van der Waals surface area (Å²) < 4.78 is 0. The maximum atomic E-state index is 12.1. The number of carbonyl (C=O) groups is 1. The molecule has 3 nitrogen and oxygen atoms in total. The van der Waals surface area contributed by atoms with E-state index in [0.717, 1.165) is 31.4 Å². The summed E-state index contributed by atoms with van der Waals surface area (Å²) in [4.78, 5) is 14.0. The van der Waals surface area contributed by atoms with Crippen molar-refractivity contribution in [2.24, 2.45) is 0 Å². The van der Waals surface area contributed by atoms with Crippen LogP contribution in [0.15, 0.2) is 24.3 Å². The van der Waals surface area contributed by atoms with E-state index < -0.39 is 5.54 Å². The number of aliphatic hydroxyl groups excluding tert-OH is 1. The first-order chi connectivity index (χ1) is 8.28. The molecule has 1 atom stereocenters. The van der Waals surface area contributed by atoms with Crippen molar-refractivity contribution in [2.75, 3.05) is 13.2 Å². The number of rotatable bonds is 1. The Morgan fingerprint density at radius 1 is 1.29 bits per heavy atom. The predicted octanol–water partition coefficient (Wildman–Crippen LogP) is 1.44. The van der Waals surface area contributed by atoms with Crippen LogP contribution in [0.1, 0.15) is 30.4 Å². The lowest BCUT2D eigenvalue weighted by atomic mass is 9.85. The van der Waals surface area contributed by atoms with Crippen LogP contribution in [0.2, 0.25) is 0 Å². The highest BCUT2D eigenvalue weighted by atomic mass is 16.3.